The van der Waals surface area contributed by atoms with Gasteiger partial charge in [-0.15, -0.1) is 0 Å². The van der Waals surface area contributed by atoms with E-state index in [4.69, 9.17) is 14.5 Å². The van der Waals surface area contributed by atoms with Crippen molar-refractivity contribution in [2.45, 2.75) is 52.1 Å². The number of nitrogens with one attached hydrogen (secondary N) is 1. The summed E-state index contributed by atoms with van der Waals surface area (Å²) in [6.07, 6.45) is 3.11. The van der Waals surface area contributed by atoms with Crippen LogP contribution in [-0.4, -0.2) is 34.6 Å². The third kappa shape index (κ3) is 4.00. The van der Waals surface area contributed by atoms with E-state index in [-0.39, 0.29) is 5.56 Å². The lowest BCUT2D eigenvalue weighted by Crippen LogP contribution is -2.35. The van der Waals surface area contributed by atoms with E-state index in [1.807, 2.05) is 26.0 Å². The SMILES string of the molecule is CCOc1ccc(CN2CCc3nc(C4CC4)[nH]c(=O)c3C2)c(OCC)c1. The molecule has 1 N–H and O–H groups in total. The second kappa shape index (κ2) is 7.72. The van der Waals surface area contributed by atoms with Crippen LogP contribution >= 0.6 is 0 Å². The summed E-state index contributed by atoms with van der Waals surface area (Å²) in [6, 6.07) is 6.00. The smallest absolute Gasteiger partial charge is 0.255 e. The molecule has 0 atom stereocenters. The molecule has 2 heterocycles. The lowest BCUT2D eigenvalue weighted by atomic mass is 10.1. The summed E-state index contributed by atoms with van der Waals surface area (Å²) in [4.78, 5) is 22.6. The van der Waals surface area contributed by atoms with Crippen molar-refractivity contribution in [2.24, 2.45) is 0 Å². The summed E-state index contributed by atoms with van der Waals surface area (Å²) in [6.45, 7) is 7.46. The minimum absolute atomic E-state index is 0.0309. The van der Waals surface area contributed by atoms with Gasteiger partial charge in [0.05, 0.1) is 24.5 Å². The Morgan fingerprint density at radius 3 is 2.78 bits per heavy atom. The molecular formula is C21H27N3O3. The maximum absolute atomic E-state index is 12.5. The maximum Gasteiger partial charge on any atom is 0.255 e. The van der Waals surface area contributed by atoms with Crippen LogP contribution in [0.5, 0.6) is 11.5 Å². The Kier molecular flexibility index (Phi) is 5.16. The Morgan fingerprint density at radius 1 is 1.22 bits per heavy atom. The molecule has 1 aromatic heterocycles. The van der Waals surface area contributed by atoms with Crippen LogP contribution in [0.25, 0.3) is 0 Å². The largest absolute Gasteiger partial charge is 0.494 e. The second-order valence-corrected chi connectivity index (χ2v) is 7.25. The maximum atomic E-state index is 12.5. The second-order valence-electron chi connectivity index (χ2n) is 7.25. The lowest BCUT2D eigenvalue weighted by molar-refractivity contribution is 0.235. The highest BCUT2D eigenvalue weighted by Crippen LogP contribution is 2.38. The molecule has 0 bridgehead atoms. The van der Waals surface area contributed by atoms with Gasteiger partial charge in [-0.25, -0.2) is 4.98 Å². The molecule has 4 rings (SSSR count). The van der Waals surface area contributed by atoms with Crippen LogP contribution in [0, 0.1) is 0 Å². The number of rotatable bonds is 7. The van der Waals surface area contributed by atoms with Crippen LogP contribution < -0.4 is 15.0 Å². The van der Waals surface area contributed by atoms with Crippen molar-refractivity contribution in [1.29, 1.82) is 0 Å². The van der Waals surface area contributed by atoms with Gasteiger partial charge in [0.25, 0.3) is 5.56 Å². The Labute approximate surface area is 159 Å². The van der Waals surface area contributed by atoms with Crippen molar-refractivity contribution in [3.05, 3.63) is 51.2 Å². The molecule has 1 saturated carbocycles. The monoisotopic (exact) mass is 369 g/mol. The summed E-state index contributed by atoms with van der Waals surface area (Å²) < 4.78 is 11.4. The quantitative estimate of drug-likeness (QED) is 0.813. The minimum atomic E-state index is 0.0309. The molecule has 1 aromatic carbocycles. The van der Waals surface area contributed by atoms with E-state index in [1.54, 1.807) is 0 Å². The zero-order chi connectivity index (χ0) is 18.8. The van der Waals surface area contributed by atoms with Crippen molar-refractivity contribution in [1.82, 2.24) is 14.9 Å². The molecule has 1 aliphatic heterocycles. The number of aromatic nitrogens is 2. The van der Waals surface area contributed by atoms with E-state index in [0.29, 0.717) is 25.7 Å². The van der Waals surface area contributed by atoms with Crippen molar-refractivity contribution >= 4 is 0 Å². The van der Waals surface area contributed by atoms with Crippen LogP contribution in [0.3, 0.4) is 0 Å². The van der Waals surface area contributed by atoms with Gasteiger partial charge < -0.3 is 14.5 Å². The van der Waals surface area contributed by atoms with E-state index < -0.39 is 0 Å². The Balaban J connectivity index is 1.52. The van der Waals surface area contributed by atoms with Gasteiger partial charge in [0.2, 0.25) is 0 Å². The van der Waals surface area contributed by atoms with Crippen molar-refractivity contribution in [2.75, 3.05) is 19.8 Å². The highest BCUT2D eigenvalue weighted by molar-refractivity contribution is 5.41. The first kappa shape index (κ1) is 18.0. The molecule has 0 spiro atoms. The first-order chi connectivity index (χ1) is 13.2. The summed E-state index contributed by atoms with van der Waals surface area (Å²) in [5.41, 5.74) is 2.94. The fraction of sp³-hybridized carbons (Fsp3) is 0.524. The van der Waals surface area contributed by atoms with Crippen LogP contribution in [0.15, 0.2) is 23.0 Å². The molecule has 1 aliphatic carbocycles. The zero-order valence-corrected chi connectivity index (χ0v) is 16.1. The van der Waals surface area contributed by atoms with Crippen LogP contribution in [0.2, 0.25) is 0 Å². The molecule has 0 unspecified atom stereocenters. The third-order valence-electron chi connectivity index (χ3n) is 5.17. The summed E-state index contributed by atoms with van der Waals surface area (Å²) in [5.74, 6) is 3.03. The van der Waals surface area contributed by atoms with Crippen molar-refractivity contribution in [3.8, 4) is 11.5 Å². The number of ether oxygens (including phenoxy) is 2. The molecule has 0 amide bonds. The predicted octanol–water partition coefficient (Wildman–Crippen LogP) is 3.00. The Morgan fingerprint density at radius 2 is 2.04 bits per heavy atom. The summed E-state index contributed by atoms with van der Waals surface area (Å²) in [5, 5.41) is 0. The number of fused-ring (bicyclic) bond motifs is 1. The Hall–Kier alpha value is -2.34. The summed E-state index contributed by atoms with van der Waals surface area (Å²) in [7, 11) is 0. The average Bonchev–Trinajstić information content (AvgIpc) is 3.50. The third-order valence-corrected chi connectivity index (χ3v) is 5.17. The minimum Gasteiger partial charge on any atom is -0.494 e. The van der Waals surface area contributed by atoms with Gasteiger partial charge >= 0.3 is 0 Å². The van der Waals surface area contributed by atoms with E-state index in [1.165, 1.54) is 0 Å². The van der Waals surface area contributed by atoms with Gasteiger partial charge in [-0.1, -0.05) is 6.07 Å². The van der Waals surface area contributed by atoms with Gasteiger partial charge in [0.15, 0.2) is 0 Å². The van der Waals surface area contributed by atoms with Crippen LogP contribution in [0.4, 0.5) is 0 Å². The first-order valence-corrected chi connectivity index (χ1v) is 9.90. The average molecular weight is 369 g/mol. The van der Waals surface area contributed by atoms with E-state index in [0.717, 1.165) is 66.5 Å². The van der Waals surface area contributed by atoms with E-state index in [9.17, 15) is 4.79 Å². The van der Waals surface area contributed by atoms with Crippen LogP contribution in [-0.2, 0) is 19.5 Å². The Bertz CT molecular complexity index is 873. The number of nitrogens with zero attached hydrogens (tertiary/aromatic N) is 2. The van der Waals surface area contributed by atoms with Crippen LogP contribution in [0.1, 0.15) is 55.3 Å². The van der Waals surface area contributed by atoms with Gasteiger partial charge in [0.1, 0.15) is 17.3 Å². The van der Waals surface area contributed by atoms with Gasteiger partial charge in [-0.05, 0) is 32.8 Å². The molecule has 1 fully saturated rings. The normalized spacial score (nSPS) is 16.8. The lowest BCUT2D eigenvalue weighted by Gasteiger charge is -2.28. The van der Waals surface area contributed by atoms with Gasteiger partial charge in [0, 0.05) is 43.6 Å². The molecule has 27 heavy (non-hydrogen) atoms. The molecule has 6 nitrogen and oxygen atoms in total. The zero-order valence-electron chi connectivity index (χ0n) is 16.1. The summed E-state index contributed by atoms with van der Waals surface area (Å²) >= 11 is 0. The predicted molar refractivity (Wildman–Crippen MR) is 103 cm³/mol. The standard InChI is InChI=1S/C21H27N3O3/c1-3-26-16-8-7-15(19(11-16)27-4-2)12-24-10-9-18-17(13-24)21(25)23-20(22-18)14-5-6-14/h7-8,11,14H,3-6,9-10,12-13H2,1-2H3,(H,22,23,25). The van der Waals surface area contributed by atoms with E-state index >= 15 is 0 Å². The van der Waals surface area contributed by atoms with Crippen molar-refractivity contribution in [3.63, 3.8) is 0 Å². The van der Waals surface area contributed by atoms with Crippen molar-refractivity contribution < 1.29 is 9.47 Å². The number of hydrogen-bond donors (Lipinski definition) is 1. The molecule has 0 saturated heterocycles. The highest BCUT2D eigenvalue weighted by atomic mass is 16.5. The molecule has 2 aromatic rings. The van der Waals surface area contributed by atoms with E-state index in [2.05, 4.69) is 16.0 Å². The highest BCUT2D eigenvalue weighted by Gasteiger charge is 2.29. The number of hydrogen-bond acceptors (Lipinski definition) is 5. The molecule has 144 valence electrons. The molecular weight excluding hydrogens is 342 g/mol. The fourth-order valence-corrected chi connectivity index (χ4v) is 3.64. The molecule has 0 radical (unpaired) electrons. The molecule has 6 heteroatoms. The fourth-order valence-electron chi connectivity index (χ4n) is 3.64. The number of H-pyrrole nitrogens is 1. The first-order valence-electron chi connectivity index (χ1n) is 9.90. The number of benzene rings is 1. The molecule has 2 aliphatic rings. The van der Waals surface area contributed by atoms with Gasteiger partial charge in [-0.3, -0.25) is 9.69 Å². The topological polar surface area (TPSA) is 67.5 Å². The number of aromatic amines is 1. The van der Waals surface area contributed by atoms with Gasteiger partial charge in [-0.2, -0.15) is 0 Å².